The number of hydrogen-bond acceptors (Lipinski definition) is 5. The van der Waals surface area contributed by atoms with Gasteiger partial charge in [0.05, 0.1) is 0 Å². The first kappa shape index (κ1) is 24.1. The highest BCUT2D eigenvalue weighted by Crippen LogP contribution is 2.26. The smallest absolute Gasteiger partial charge is 0.252 e. The summed E-state index contributed by atoms with van der Waals surface area (Å²) in [4.78, 5) is 17.4. The lowest BCUT2D eigenvalue weighted by molar-refractivity contribution is -0.127. The summed E-state index contributed by atoms with van der Waals surface area (Å²) in [7, 11) is 0. The number of aliphatic hydroxyl groups is 1. The molecule has 6 heteroatoms. The Labute approximate surface area is 191 Å². The van der Waals surface area contributed by atoms with Crippen LogP contribution in [0.4, 0.5) is 0 Å². The lowest BCUT2D eigenvalue weighted by atomic mass is 10.0. The Hall–Kier alpha value is -2.57. The fraction of sp³-hybridized carbons (Fsp3) is 0.500. The number of aryl methyl sites for hydroxylation is 1. The first-order valence-electron chi connectivity index (χ1n) is 11.7. The Kier molecular flexibility index (Phi) is 8.94. The molecule has 2 atom stereocenters. The average Bonchev–Trinajstić information content (AvgIpc) is 2.98. The van der Waals surface area contributed by atoms with Gasteiger partial charge in [0.2, 0.25) is 0 Å². The second kappa shape index (κ2) is 11.9. The Bertz CT molecular complexity index is 854. The van der Waals surface area contributed by atoms with Crippen molar-refractivity contribution in [1.82, 2.24) is 10.8 Å². The Morgan fingerprint density at radius 2 is 1.94 bits per heavy atom. The molecule has 3 rings (SSSR count). The maximum absolute atomic E-state index is 11.9. The van der Waals surface area contributed by atoms with E-state index in [1.54, 1.807) is 6.92 Å². The van der Waals surface area contributed by atoms with Crippen LogP contribution in [-0.2, 0) is 17.6 Å². The lowest BCUT2D eigenvalue weighted by Gasteiger charge is -2.30. The third kappa shape index (κ3) is 7.84. The summed E-state index contributed by atoms with van der Waals surface area (Å²) in [5.41, 5.74) is 3.89. The van der Waals surface area contributed by atoms with Crippen LogP contribution >= 0.6 is 0 Å². The molecule has 0 aliphatic heterocycles. The Morgan fingerprint density at radius 1 is 1.12 bits per heavy atom. The highest BCUT2D eigenvalue weighted by molar-refractivity contribution is 5.74. The second-order valence-electron chi connectivity index (χ2n) is 8.83. The number of benzene rings is 2. The molecular formula is C26H36N2O4. The quantitative estimate of drug-likeness (QED) is 0.210. The van der Waals surface area contributed by atoms with Crippen molar-refractivity contribution in [3.8, 4) is 11.5 Å². The molecule has 0 fully saturated rings. The number of hydrogen-bond donors (Lipinski definition) is 3. The van der Waals surface area contributed by atoms with Gasteiger partial charge in [-0.1, -0.05) is 44.0 Å². The van der Waals surface area contributed by atoms with E-state index in [0.29, 0.717) is 12.2 Å². The average molecular weight is 441 g/mol. The minimum absolute atomic E-state index is 0.0855. The van der Waals surface area contributed by atoms with E-state index in [1.165, 1.54) is 11.1 Å². The van der Waals surface area contributed by atoms with Gasteiger partial charge in [-0.25, -0.2) is 0 Å². The number of fused-ring (bicyclic) bond motifs is 1. The van der Waals surface area contributed by atoms with E-state index in [-0.39, 0.29) is 18.6 Å². The maximum Gasteiger partial charge on any atom is 0.252 e. The van der Waals surface area contributed by atoms with Crippen LogP contribution < -0.4 is 20.4 Å². The molecule has 6 nitrogen and oxygen atoms in total. The summed E-state index contributed by atoms with van der Waals surface area (Å²) in [5.74, 6) is 1.31. The molecule has 0 radical (unpaired) electrons. The molecule has 174 valence electrons. The molecule has 0 bridgehead atoms. The monoisotopic (exact) mass is 440 g/mol. The second-order valence-corrected chi connectivity index (χ2v) is 8.83. The van der Waals surface area contributed by atoms with Crippen LogP contribution in [0.5, 0.6) is 11.5 Å². The van der Waals surface area contributed by atoms with E-state index >= 15 is 0 Å². The molecule has 1 aliphatic rings. The van der Waals surface area contributed by atoms with Crippen molar-refractivity contribution < 1.29 is 19.5 Å². The van der Waals surface area contributed by atoms with Gasteiger partial charge in [-0.3, -0.25) is 10.1 Å². The predicted octanol–water partition coefficient (Wildman–Crippen LogP) is 4.30. The van der Waals surface area contributed by atoms with Crippen LogP contribution in [0.3, 0.4) is 0 Å². The van der Waals surface area contributed by atoms with Crippen LogP contribution in [0.15, 0.2) is 48.5 Å². The molecule has 2 unspecified atom stereocenters. The van der Waals surface area contributed by atoms with Crippen molar-refractivity contribution in [2.24, 2.45) is 0 Å². The van der Waals surface area contributed by atoms with Crippen LogP contribution in [0.1, 0.15) is 63.5 Å². The minimum atomic E-state index is -1.13. The Morgan fingerprint density at radius 3 is 2.72 bits per heavy atom. The van der Waals surface area contributed by atoms with Gasteiger partial charge >= 0.3 is 0 Å². The first-order chi connectivity index (χ1) is 15.4. The van der Waals surface area contributed by atoms with Gasteiger partial charge in [0.1, 0.15) is 18.1 Å². The molecule has 2 aromatic rings. The first-order valence-corrected chi connectivity index (χ1v) is 11.7. The minimum Gasteiger partial charge on any atom is -0.489 e. The van der Waals surface area contributed by atoms with E-state index in [0.717, 1.165) is 50.7 Å². The zero-order chi connectivity index (χ0) is 22.8. The van der Waals surface area contributed by atoms with Crippen molar-refractivity contribution in [2.45, 2.75) is 77.0 Å². The number of carbonyl (C=O) groups is 1. The molecule has 0 saturated heterocycles. The number of unbranched alkanes of at least 4 members (excludes halogenated alkanes) is 2. The van der Waals surface area contributed by atoms with Gasteiger partial charge in [0.15, 0.2) is 5.75 Å². The van der Waals surface area contributed by atoms with Crippen LogP contribution in [-0.4, -0.2) is 29.4 Å². The lowest BCUT2D eigenvalue weighted by Crippen LogP contribution is -2.52. The number of carbonyl (C=O) groups excluding carboxylic acids is 1. The highest BCUT2D eigenvalue weighted by Gasteiger charge is 2.27. The molecular weight excluding hydrogens is 404 g/mol. The molecule has 1 amide bonds. The SMILES string of the molecule is CCCCCC(=O)NOc1ccc2c(c1)CCCC(NC(C)(O)COc1ccccc1)C2. The molecule has 3 N–H and O–H groups in total. The van der Waals surface area contributed by atoms with Crippen molar-refractivity contribution in [1.29, 1.82) is 0 Å². The largest absolute Gasteiger partial charge is 0.489 e. The van der Waals surface area contributed by atoms with E-state index < -0.39 is 5.72 Å². The number of amides is 1. The number of hydroxylamine groups is 1. The molecule has 0 aromatic heterocycles. The van der Waals surface area contributed by atoms with Crippen molar-refractivity contribution in [3.63, 3.8) is 0 Å². The molecule has 0 heterocycles. The summed E-state index contributed by atoms with van der Waals surface area (Å²) < 4.78 is 5.74. The molecule has 0 spiro atoms. The van der Waals surface area contributed by atoms with E-state index in [9.17, 15) is 9.90 Å². The van der Waals surface area contributed by atoms with Gasteiger partial charge in [-0.15, -0.1) is 0 Å². The molecule has 32 heavy (non-hydrogen) atoms. The summed E-state index contributed by atoms with van der Waals surface area (Å²) >= 11 is 0. The summed E-state index contributed by atoms with van der Waals surface area (Å²) in [5, 5.41) is 14.2. The van der Waals surface area contributed by atoms with Gasteiger partial charge in [0, 0.05) is 12.5 Å². The summed E-state index contributed by atoms with van der Waals surface area (Å²) in [6.07, 6.45) is 7.23. The molecule has 0 saturated carbocycles. The molecule has 1 aliphatic carbocycles. The van der Waals surface area contributed by atoms with Gasteiger partial charge in [-0.2, -0.15) is 5.48 Å². The van der Waals surface area contributed by atoms with E-state index in [2.05, 4.69) is 23.8 Å². The van der Waals surface area contributed by atoms with Crippen molar-refractivity contribution in [2.75, 3.05) is 6.61 Å². The van der Waals surface area contributed by atoms with Crippen LogP contribution in [0.25, 0.3) is 0 Å². The highest BCUT2D eigenvalue weighted by atomic mass is 16.7. The fourth-order valence-electron chi connectivity index (χ4n) is 4.05. The third-order valence-corrected chi connectivity index (χ3v) is 5.71. The summed E-state index contributed by atoms with van der Waals surface area (Å²) in [6, 6.07) is 15.6. The normalized spacial score (nSPS) is 17.5. The number of rotatable bonds is 11. The Balaban J connectivity index is 1.52. The zero-order valence-electron chi connectivity index (χ0n) is 19.2. The standard InChI is InChI=1S/C26H36N2O4/c1-3-4-6-14-25(29)28-32-24-16-15-21-17-22(11-9-10-20(21)18-24)27-26(2,30)19-31-23-12-7-5-8-13-23/h5,7-8,12-13,15-16,18,22,27,30H,3-4,6,9-11,14,17,19H2,1-2H3,(H,28,29). The number of para-hydroxylation sites is 1. The molecule has 2 aromatic carbocycles. The number of ether oxygens (including phenoxy) is 1. The van der Waals surface area contributed by atoms with E-state index in [4.69, 9.17) is 9.57 Å². The number of nitrogens with one attached hydrogen (secondary N) is 2. The van der Waals surface area contributed by atoms with Crippen LogP contribution in [0, 0.1) is 0 Å². The third-order valence-electron chi connectivity index (χ3n) is 5.71. The van der Waals surface area contributed by atoms with Crippen molar-refractivity contribution in [3.05, 3.63) is 59.7 Å². The van der Waals surface area contributed by atoms with Gasteiger partial charge in [-0.05, 0) is 74.4 Å². The maximum atomic E-state index is 11.9. The zero-order valence-corrected chi connectivity index (χ0v) is 19.2. The van der Waals surface area contributed by atoms with Gasteiger partial charge in [0.25, 0.3) is 5.91 Å². The fourth-order valence-corrected chi connectivity index (χ4v) is 4.05. The van der Waals surface area contributed by atoms with Crippen LogP contribution in [0.2, 0.25) is 0 Å². The predicted molar refractivity (Wildman–Crippen MR) is 125 cm³/mol. The van der Waals surface area contributed by atoms with Crippen molar-refractivity contribution >= 4 is 5.91 Å². The van der Waals surface area contributed by atoms with Gasteiger partial charge < -0.3 is 14.7 Å². The topological polar surface area (TPSA) is 79.8 Å². The van der Waals surface area contributed by atoms with E-state index in [1.807, 2.05) is 42.5 Å². The summed E-state index contributed by atoms with van der Waals surface area (Å²) in [6.45, 7) is 4.04.